The van der Waals surface area contributed by atoms with Crippen LogP contribution in [0.4, 0.5) is 16.0 Å². The van der Waals surface area contributed by atoms with Crippen molar-refractivity contribution in [2.75, 3.05) is 36.5 Å². The zero-order chi connectivity index (χ0) is 22.1. The topological polar surface area (TPSA) is 70.6 Å². The quantitative estimate of drug-likeness (QED) is 0.764. The third kappa shape index (κ3) is 4.54. The van der Waals surface area contributed by atoms with Crippen LogP contribution in [0.2, 0.25) is 5.02 Å². The molecule has 1 aromatic carbocycles. The van der Waals surface area contributed by atoms with E-state index in [-0.39, 0.29) is 23.7 Å². The Hall–Kier alpha value is -2.61. The van der Waals surface area contributed by atoms with Crippen molar-refractivity contribution in [3.63, 3.8) is 0 Å². The first kappa shape index (κ1) is 21.6. The van der Waals surface area contributed by atoms with Gasteiger partial charge in [0.25, 0.3) is 0 Å². The molecule has 0 radical (unpaired) electrons. The van der Waals surface area contributed by atoms with Crippen LogP contribution < -0.4 is 15.0 Å². The number of fused-ring (bicyclic) bond motifs is 1. The van der Waals surface area contributed by atoms with Crippen LogP contribution in [-0.4, -0.2) is 59.1 Å². The molecule has 1 N–H and O–H groups in total. The van der Waals surface area contributed by atoms with Gasteiger partial charge in [0.15, 0.2) is 11.6 Å². The van der Waals surface area contributed by atoms with Crippen molar-refractivity contribution < 1.29 is 13.9 Å². The van der Waals surface area contributed by atoms with Gasteiger partial charge >= 0.3 is 0 Å². The lowest BCUT2D eigenvalue weighted by Crippen LogP contribution is -2.44. The number of carbonyl (C=O) groups excluding carboxylic acids is 1. The highest BCUT2D eigenvalue weighted by Crippen LogP contribution is 2.40. The molecule has 0 aliphatic carbocycles. The van der Waals surface area contributed by atoms with Crippen LogP contribution in [0.15, 0.2) is 18.3 Å². The Morgan fingerprint density at radius 3 is 2.90 bits per heavy atom. The smallest absolute Gasteiger partial charge is 0.223 e. The third-order valence-electron chi connectivity index (χ3n) is 5.75. The van der Waals surface area contributed by atoms with Crippen molar-refractivity contribution in [2.45, 2.75) is 45.7 Å². The number of rotatable bonds is 4. The summed E-state index contributed by atoms with van der Waals surface area (Å²) in [4.78, 5) is 24.5. The largest absolute Gasteiger partial charge is 0.486 e. The van der Waals surface area contributed by atoms with Crippen LogP contribution in [0, 0.1) is 5.82 Å². The number of benzene rings is 1. The van der Waals surface area contributed by atoms with Crippen molar-refractivity contribution in [3.05, 3.63) is 29.2 Å². The van der Waals surface area contributed by atoms with E-state index in [9.17, 15) is 9.18 Å². The van der Waals surface area contributed by atoms with Gasteiger partial charge in [-0.15, -0.1) is 0 Å². The first-order valence-corrected chi connectivity index (χ1v) is 11.0. The number of hydrogen-bond acceptors (Lipinski definition) is 6. The second kappa shape index (κ2) is 8.86. The lowest BCUT2D eigenvalue weighted by atomic mass is 10.1. The zero-order valence-electron chi connectivity index (χ0n) is 18.0. The summed E-state index contributed by atoms with van der Waals surface area (Å²) in [6.45, 7) is 8.21. The first-order chi connectivity index (χ1) is 14.8. The number of likely N-dealkylation sites (tertiary alicyclic amines) is 1. The van der Waals surface area contributed by atoms with E-state index >= 15 is 0 Å². The number of ether oxygens (including phenoxy) is 1. The Labute approximate surface area is 186 Å². The molecule has 1 saturated heterocycles. The van der Waals surface area contributed by atoms with Gasteiger partial charge in [-0.25, -0.2) is 14.4 Å². The predicted octanol–water partition coefficient (Wildman–Crippen LogP) is 3.97. The Balaban J connectivity index is 1.64. The molecular weight excluding hydrogens is 421 g/mol. The fourth-order valence-electron chi connectivity index (χ4n) is 4.18. The second-order valence-electron chi connectivity index (χ2n) is 8.28. The number of amides is 1. The number of carbonyl (C=O) groups is 1. The SMILES string of the molecule is CC(=O)N1CCC[C@H](Nc2ncc(Cl)c(-c3cc(F)c4c(c3)N(C(C)C)CCO4)n2)C1. The van der Waals surface area contributed by atoms with Crippen LogP contribution >= 0.6 is 11.6 Å². The molecule has 0 spiro atoms. The van der Waals surface area contributed by atoms with Gasteiger partial charge in [0, 0.05) is 37.7 Å². The van der Waals surface area contributed by atoms with Gasteiger partial charge in [-0.1, -0.05) is 11.6 Å². The summed E-state index contributed by atoms with van der Waals surface area (Å²) >= 11 is 6.40. The second-order valence-corrected chi connectivity index (χ2v) is 8.69. The molecule has 0 unspecified atom stereocenters. The van der Waals surface area contributed by atoms with Crippen LogP contribution in [0.5, 0.6) is 5.75 Å². The minimum Gasteiger partial charge on any atom is -0.486 e. The molecule has 2 aromatic rings. The molecular formula is C22H27ClFN5O2. The zero-order valence-corrected chi connectivity index (χ0v) is 18.7. The van der Waals surface area contributed by atoms with Crippen molar-refractivity contribution in [1.29, 1.82) is 0 Å². The average molecular weight is 448 g/mol. The number of nitrogens with one attached hydrogen (secondary N) is 1. The molecule has 1 aromatic heterocycles. The molecule has 1 fully saturated rings. The van der Waals surface area contributed by atoms with E-state index in [1.54, 1.807) is 6.92 Å². The molecule has 9 heteroatoms. The van der Waals surface area contributed by atoms with Gasteiger partial charge < -0.3 is 19.9 Å². The highest BCUT2D eigenvalue weighted by atomic mass is 35.5. The minimum absolute atomic E-state index is 0.0526. The maximum absolute atomic E-state index is 14.9. The molecule has 2 aliphatic heterocycles. The van der Waals surface area contributed by atoms with Crippen molar-refractivity contribution in [1.82, 2.24) is 14.9 Å². The summed E-state index contributed by atoms with van der Waals surface area (Å²) < 4.78 is 20.5. The fourth-order valence-corrected chi connectivity index (χ4v) is 4.38. The first-order valence-electron chi connectivity index (χ1n) is 10.6. The highest BCUT2D eigenvalue weighted by molar-refractivity contribution is 6.32. The monoisotopic (exact) mass is 447 g/mol. The van der Waals surface area contributed by atoms with E-state index in [1.807, 2.05) is 11.0 Å². The summed E-state index contributed by atoms with van der Waals surface area (Å²) in [7, 11) is 0. The van der Waals surface area contributed by atoms with Gasteiger partial charge in [0.1, 0.15) is 6.61 Å². The van der Waals surface area contributed by atoms with Gasteiger partial charge in [-0.05, 0) is 38.8 Å². The maximum atomic E-state index is 14.9. The van der Waals surface area contributed by atoms with Crippen LogP contribution in [0.1, 0.15) is 33.6 Å². The maximum Gasteiger partial charge on any atom is 0.223 e. The Morgan fingerprint density at radius 1 is 1.35 bits per heavy atom. The highest BCUT2D eigenvalue weighted by Gasteiger charge is 2.26. The predicted molar refractivity (Wildman–Crippen MR) is 119 cm³/mol. The molecule has 4 rings (SSSR count). The molecule has 0 saturated carbocycles. The molecule has 2 aliphatic rings. The van der Waals surface area contributed by atoms with Crippen molar-refractivity contribution in [2.24, 2.45) is 0 Å². The van der Waals surface area contributed by atoms with Crippen LogP contribution in [0.25, 0.3) is 11.3 Å². The fraction of sp³-hybridized carbons (Fsp3) is 0.500. The summed E-state index contributed by atoms with van der Waals surface area (Å²) in [5.74, 6) is 0.292. The van der Waals surface area contributed by atoms with Gasteiger partial charge in [0.2, 0.25) is 11.9 Å². The number of piperidine rings is 1. The summed E-state index contributed by atoms with van der Waals surface area (Å²) in [6.07, 6.45) is 3.35. The standard InChI is InChI=1S/C22H27ClFN5O2/c1-13(2)29-7-8-31-21-18(24)9-15(10-19(21)29)20-17(23)11-25-22(27-20)26-16-5-4-6-28(12-16)14(3)30/h9-11,13,16H,4-8,12H2,1-3H3,(H,25,26,27)/t16-/m0/s1. The summed E-state index contributed by atoms with van der Waals surface area (Å²) in [6, 6.07) is 3.52. The molecule has 7 nitrogen and oxygen atoms in total. The van der Waals surface area contributed by atoms with Crippen LogP contribution in [0.3, 0.4) is 0 Å². The third-order valence-corrected chi connectivity index (χ3v) is 6.03. The number of aromatic nitrogens is 2. The summed E-state index contributed by atoms with van der Waals surface area (Å²) in [5, 5.41) is 3.64. The van der Waals surface area contributed by atoms with E-state index in [4.69, 9.17) is 16.3 Å². The van der Waals surface area contributed by atoms with Crippen molar-refractivity contribution in [3.8, 4) is 17.0 Å². The average Bonchev–Trinajstić information content (AvgIpc) is 2.74. The number of anilines is 2. The van der Waals surface area contributed by atoms with Gasteiger partial charge in [-0.3, -0.25) is 4.79 Å². The van der Waals surface area contributed by atoms with E-state index in [0.29, 0.717) is 47.6 Å². The lowest BCUT2D eigenvalue weighted by molar-refractivity contribution is -0.129. The van der Waals surface area contributed by atoms with E-state index in [0.717, 1.165) is 19.4 Å². The molecule has 3 heterocycles. The number of nitrogens with zero attached hydrogens (tertiary/aromatic N) is 4. The van der Waals surface area contributed by atoms with E-state index in [1.165, 1.54) is 12.3 Å². The molecule has 166 valence electrons. The molecule has 0 bridgehead atoms. The number of hydrogen-bond donors (Lipinski definition) is 1. The molecule has 31 heavy (non-hydrogen) atoms. The minimum atomic E-state index is -0.439. The normalized spacial score (nSPS) is 18.6. The van der Waals surface area contributed by atoms with Crippen LogP contribution in [-0.2, 0) is 4.79 Å². The van der Waals surface area contributed by atoms with E-state index in [2.05, 4.69) is 34.0 Å². The van der Waals surface area contributed by atoms with Crippen molar-refractivity contribution >= 4 is 29.1 Å². The van der Waals surface area contributed by atoms with Gasteiger partial charge in [-0.2, -0.15) is 0 Å². The summed E-state index contributed by atoms with van der Waals surface area (Å²) in [5.41, 5.74) is 1.72. The Bertz CT molecular complexity index is 987. The lowest BCUT2D eigenvalue weighted by Gasteiger charge is -2.35. The Kier molecular flexibility index (Phi) is 6.18. The van der Waals surface area contributed by atoms with E-state index < -0.39 is 5.82 Å². The molecule has 1 atom stereocenters. The number of halogens is 2. The van der Waals surface area contributed by atoms with Gasteiger partial charge in [0.05, 0.1) is 29.1 Å². The Morgan fingerprint density at radius 2 is 2.16 bits per heavy atom. The molecule has 1 amide bonds.